The molecule has 10 nitrogen and oxygen atoms in total. The van der Waals surface area contributed by atoms with Gasteiger partial charge in [-0.1, -0.05) is 0 Å². The first kappa shape index (κ1) is 23.4. The molecule has 0 unspecified atom stereocenters. The van der Waals surface area contributed by atoms with Crippen LogP contribution in [0.4, 0.5) is 4.79 Å². The zero-order valence-electron chi connectivity index (χ0n) is 19.2. The lowest BCUT2D eigenvalue weighted by molar-refractivity contribution is 0.0696. The number of methoxy groups -OCH3 is 2. The van der Waals surface area contributed by atoms with Crippen molar-refractivity contribution in [3.05, 3.63) is 58.1 Å². The molecular weight excluding hydrogens is 442 g/mol. The maximum atomic E-state index is 12.6. The van der Waals surface area contributed by atoms with Crippen molar-refractivity contribution in [1.82, 2.24) is 14.8 Å². The number of fused-ring (bicyclic) bond motifs is 1. The number of oxazole rings is 1. The van der Waals surface area contributed by atoms with Crippen molar-refractivity contribution in [1.29, 1.82) is 0 Å². The summed E-state index contributed by atoms with van der Waals surface area (Å²) < 4.78 is 21.0. The molecule has 0 atom stereocenters. The second-order valence-corrected chi connectivity index (χ2v) is 8.00. The molecule has 1 saturated heterocycles. The Morgan fingerprint density at radius 3 is 2.38 bits per heavy atom. The number of nitrogens with zero attached hydrogens (tertiary/aromatic N) is 2. The van der Waals surface area contributed by atoms with Gasteiger partial charge in [-0.15, -0.1) is 0 Å². The van der Waals surface area contributed by atoms with E-state index in [1.54, 1.807) is 55.5 Å². The van der Waals surface area contributed by atoms with Gasteiger partial charge in [0.2, 0.25) is 0 Å². The standard InChI is InChI=1S/C24H27N3O7/c1-31-18-11-16(12-19(14-18)32-2)15-33-24(30)27-9-7-26(8-10-27)6-5-21(28)17-3-4-20-22(13-17)34-23(29)25-20/h3-4,11-14H,5-10,15H2,1-2H3,(H,25,29). The highest BCUT2D eigenvalue weighted by molar-refractivity contribution is 5.98. The van der Waals surface area contributed by atoms with Crippen LogP contribution in [-0.4, -0.2) is 73.6 Å². The Hall–Kier alpha value is -3.79. The molecule has 0 saturated carbocycles. The van der Waals surface area contributed by atoms with E-state index >= 15 is 0 Å². The van der Waals surface area contributed by atoms with Crippen LogP contribution in [0.2, 0.25) is 0 Å². The highest BCUT2D eigenvalue weighted by Gasteiger charge is 2.23. The molecule has 180 valence electrons. The van der Waals surface area contributed by atoms with Crippen molar-refractivity contribution in [2.24, 2.45) is 0 Å². The van der Waals surface area contributed by atoms with E-state index in [4.69, 9.17) is 18.6 Å². The Morgan fingerprint density at radius 1 is 1.00 bits per heavy atom. The third kappa shape index (κ3) is 5.57. The van der Waals surface area contributed by atoms with E-state index in [2.05, 4.69) is 9.88 Å². The van der Waals surface area contributed by atoms with Crippen LogP contribution in [-0.2, 0) is 11.3 Å². The summed E-state index contributed by atoms with van der Waals surface area (Å²) >= 11 is 0. The van der Waals surface area contributed by atoms with E-state index in [-0.39, 0.29) is 18.5 Å². The molecule has 1 aliphatic heterocycles. The van der Waals surface area contributed by atoms with Gasteiger partial charge in [-0.25, -0.2) is 9.59 Å². The average molecular weight is 469 g/mol. The number of H-pyrrole nitrogens is 1. The van der Waals surface area contributed by atoms with Gasteiger partial charge in [0.1, 0.15) is 18.1 Å². The normalized spacial score (nSPS) is 14.2. The van der Waals surface area contributed by atoms with Crippen molar-refractivity contribution in [2.45, 2.75) is 13.0 Å². The molecular formula is C24H27N3O7. The monoisotopic (exact) mass is 469 g/mol. The lowest BCUT2D eigenvalue weighted by atomic mass is 10.1. The Morgan fingerprint density at radius 2 is 1.71 bits per heavy atom. The van der Waals surface area contributed by atoms with Crippen LogP contribution in [0.1, 0.15) is 22.3 Å². The summed E-state index contributed by atoms with van der Waals surface area (Å²) in [6.07, 6.45) is -0.0405. The van der Waals surface area contributed by atoms with E-state index < -0.39 is 5.76 Å². The van der Waals surface area contributed by atoms with Gasteiger partial charge in [-0.2, -0.15) is 0 Å². The number of carbonyl (C=O) groups is 2. The molecule has 2 aromatic carbocycles. The first-order valence-corrected chi connectivity index (χ1v) is 11.0. The van der Waals surface area contributed by atoms with Crippen molar-refractivity contribution < 1.29 is 28.2 Å². The topological polar surface area (TPSA) is 114 Å². The predicted octanol–water partition coefficient (Wildman–Crippen LogP) is 2.67. The van der Waals surface area contributed by atoms with Gasteiger partial charge < -0.3 is 23.5 Å². The zero-order chi connectivity index (χ0) is 24.1. The molecule has 0 spiro atoms. The number of benzene rings is 2. The number of Topliss-reactive ketones (excluding diaryl/α,β-unsaturated/α-hetero) is 1. The van der Waals surface area contributed by atoms with Gasteiger partial charge in [0.05, 0.1) is 19.7 Å². The lowest BCUT2D eigenvalue weighted by Crippen LogP contribution is -2.49. The van der Waals surface area contributed by atoms with Crippen LogP contribution in [0.15, 0.2) is 45.6 Å². The first-order valence-electron chi connectivity index (χ1n) is 11.0. The number of ketones is 1. The molecule has 0 aliphatic carbocycles. The fourth-order valence-electron chi connectivity index (χ4n) is 3.86. The van der Waals surface area contributed by atoms with E-state index in [0.29, 0.717) is 67.3 Å². The van der Waals surface area contributed by atoms with Gasteiger partial charge in [0.25, 0.3) is 0 Å². The Bertz CT molecular complexity index is 1200. The van der Waals surface area contributed by atoms with Crippen LogP contribution in [0, 0.1) is 0 Å². The van der Waals surface area contributed by atoms with Gasteiger partial charge >= 0.3 is 11.8 Å². The van der Waals surface area contributed by atoms with Crippen LogP contribution in [0.25, 0.3) is 11.1 Å². The summed E-state index contributed by atoms with van der Waals surface area (Å²) in [7, 11) is 3.13. The second kappa shape index (κ2) is 10.4. The van der Waals surface area contributed by atoms with E-state index in [1.165, 1.54) is 0 Å². The fourth-order valence-corrected chi connectivity index (χ4v) is 3.86. The summed E-state index contributed by atoms with van der Waals surface area (Å²) in [5, 5.41) is 0. The number of rotatable bonds is 8. The second-order valence-electron chi connectivity index (χ2n) is 8.00. The Balaban J connectivity index is 1.22. The number of piperazine rings is 1. The number of ether oxygens (including phenoxy) is 3. The summed E-state index contributed by atoms with van der Waals surface area (Å²) in [6, 6.07) is 10.3. The van der Waals surface area contributed by atoms with Crippen LogP contribution in [0.5, 0.6) is 11.5 Å². The molecule has 1 aromatic heterocycles. The molecule has 0 radical (unpaired) electrons. The average Bonchev–Trinajstić information content (AvgIpc) is 3.25. The predicted molar refractivity (Wildman–Crippen MR) is 124 cm³/mol. The fraction of sp³-hybridized carbons (Fsp3) is 0.375. The molecule has 4 rings (SSSR count). The van der Waals surface area contributed by atoms with E-state index in [9.17, 15) is 14.4 Å². The molecule has 2 heterocycles. The number of hydrogen-bond donors (Lipinski definition) is 1. The molecule has 1 aliphatic rings. The Kier molecular flexibility index (Phi) is 7.17. The highest BCUT2D eigenvalue weighted by Crippen LogP contribution is 2.23. The number of nitrogens with one attached hydrogen (secondary N) is 1. The number of carbonyl (C=O) groups excluding carboxylic acids is 2. The molecule has 34 heavy (non-hydrogen) atoms. The SMILES string of the molecule is COc1cc(COC(=O)N2CCN(CCC(=O)c3ccc4[nH]c(=O)oc4c3)CC2)cc(OC)c1. The van der Waals surface area contributed by atoms with Gasteiger partial charge in [-0.05, 0) is 35.9 Å². The maximum Gasteiger partial charge on any atom is 0.417 e. The lowest BCUT2D eigenvalue weighted by Gasteiger charge is -2.33. The smallest absolute Gasteiger partial charge is 0.417 e. The van der Waals surface area contributed by atoms with Crippen LogP contribution >= 0.6 is 0 Å². The first-order chi connectivity index (χ1) is 16.4. The van der Waals surface area contributed by atoms with Gasteiger partial charge in [-0.3, -0.25) is 14.7 Å². The zero-order valence-corrected chi connectivity index (χ0v) is 19.2. The molecule has 10 heteroatoms. The minimum absolute atomic E-state index is 0.0266. The number of hydrogen-bond acceptors (Lipinski definition) is 8. The summed E-state index contributed by atoms with van der Waals surface area (Å²) in [5.74, 6) is 0.692. The van der Waals surface area contributed by atoms with Crippen molar-refractivity contribution in [2.75, 3.05) is 46.9 Å². The molecule has 3 aromatic rings. The molecule has 1 amide bonds. The van der Waals surface area contributed by atoms with Crippen LogP contribution < -0.4 is 15.2 Å². The molecule has 1 N–H and O–H groups in total. The van der Waals surface area contributed by atoms with Crippen molar-refractivity contribution in [3.63, 3.8) is 0 Å². The quantitative estimate of drug-likeness (QED) is 0.501. The molecule has 0 bridgehead atoms. The summed E-state index contributed by atoms with van der Waals surface area (Å²) in [5.41, 5.74) is 2.22. The largest absolute Gasteiger partial charge is 0.497 e. The van der Waals surface area contributed by atoms with Crippen LogP contribution in [0.3, 0.4) is 0 Å². The third-order valence-corrected chi connectivity index (χ3v) is 5.80. The van der Waals surface area contributed by atoms with Crippen molar-refractivity contribution >= 4 is 23.0 Å². The van der Waals surface area contributed by atoms with Gasteiger partial charge in [0, 0.05) is 50.8 Å². The summed E-state index contributed by atoms with van der Waals surface area (Å²) in [4.78, 5) is 42.7. The Labute approximate surface area is 196 Å². The maximum absolute atomic E-state index is 12.6. The van der Waals surface area contributed by atoms with E-state index in [1.807, 2.05) is 0 Å². The molecule has 1 fully saturated rings. The minimum atomic E-state index is -0.542. The third-order valence-electron chi connectivity index (χ3n) is 5.80. The summed E-state index contributed by atoms with van der Waals surface area (Å²) in [6.45, 7) is 3.05. The van der Waals surface area contributed by atoms with Gasteiger partial charge in [0.15, 0.2) is 11.4 Å². The number of aromatic amines is 1. The highest BCUT2D eigenvalue weighted by atomic mass is 16.6. The van der Waals surface area contributed by atoms with Crippen molar-refractivity contribution in [3.8, 4) is 11.5 Å². The minimum Gasteiger partial charge on any atom is -0.497 e. The van der Waals surface area contributed by atoms with E-state index in [0.717, 1.165) is 5.56 Å². The number of amides is 1. The number of aromatic nitrogens is 1.